The van der Waals surface area contributed by atoms with Crippen LogP contribution in [0.2, 0.25) is 0 Å². The van der Waals surface area contributed by atoms with E-state index < -0.39 is 58.5 Å². The third kappa shape index (κ3) is 1.97. The molecule has 10 heteroatoms. The van der Waals surface area contributed by atoms with Crippen molar-refractivity contribution in [3.8, 4) is 0 Å². The molecule has 0 amide bonds. The summed E-state index contributed by atoms with van der Waals surface area (Å²) in [5.74, 6) is -9.57. The molecule has 1 rings (SSSR count). The Hall–Kier alpha value is -1.59. The maximum absolute atomic E-state index is 13.4. The van der Waals surface area contributed by atoms with E-state index in [1.165, 1.54) is 0 Å². The SMILES string of the molecule is CC(=O)C1(O)O[C@H](CF)[C@@](O)(C(C)=O)[C@@](O)(C(C)=O)[C@]1(O)C(C)=O. The van der Waals surface area contributed by atoms with Gasteiger partial charge in [-0.15, -0.1) is 0 Å². The van der Waals surface area contributed by atoms with Gasteiger partial charge in [0.05, 0.1) is 0 Å². The molecule has 0 bridgehead atoms. The van der Waals surface area contributed by atoms with Gasteiger partial charge in [0, 0.05) is 6.92 Å². The van der Waals surface area contributed by atoms with E-state index in [9.17, 15) is 44.0 Å². The molecule has 1 aliphatic heterocycles. The molecule has 24 heavy (non-hydrogen) atoms. The molecule has 1 saturated heterocycles. The highest BCUT2D eigenvalue weighted by atomic mass is 19.1. The van der Waals surface area contributed by atoms with Crippen LogP contribution in [0.4, 0.5) is 4.39 Å². The van der Waals surface area contributed by atoms with Crippen LogP contribution in [0.15, 0.2) is 0 Å². The van der Waals surface area contributed by atoms with Crippen LogP contribution in [-0.4, -0.2) is 78.9 Å². The fraction of sp³-hybridized carbons (Fsp3) is 0.714. The van der Waals surface area contributed by atoms with Crippen molar-refractivity contribution in [2.24, 2.45) is 0 Å². The molecule has 0 aromatic heterocycles. The molecular weight excluding hydrogens is 331 g/mol. The van der Waals surface area contributed by atoms with Crippen molar-refractivity contribution in [1.29, 1.82) is 0 Å². The number of carbonyl (C=O) groups excluding carboxylic acids is 4. The standard InChI is InChI=1S/C14H19FO9/c1-6(16)11(20)10(5-15)24-14(23,9(4)19)13(22,8(3)18)12(11,21)7(2)17/h10,20-23H,5H2,1-4H3/t10-,11+,12+,13-,14?/m1/s1. The minimum Gasteiger partial charge on any atom is -0.376 e. The van der Waals surface area contributed by atoms with Crippen molar-refractivity contribution in [2.45, 2.75) is 56.4 Å². The summed E-state index contributed by atoms with van der Waals surface area (Å²) < 4.78 is 18.0. The third-order valence-electron chi connectivity index (χ3n) is 4.52. The first-order chi connectivity index (χ1) is 10.7. The number of rotatable bonds is 5. The highest BCUT2D eigenvalue weighted by Gasteiger charge is 2.83. The molecule has 136 valence electrons. The first-order valence-electron chi connectivity index (χ1n) is 6.86. The Morgan fingerprint density at radius 3 is 1.50 bits per heavy atom. The van der Waals surface area contributed by atoms with Crippen LogP contribution in [0.25, 0.3) is 0 Å². The summed E-state index contributed by atoms with van der Waals surface area (Å²) >= 11 is 0. The van der Waals surface area contributed by atoms with Crippen LogP contribution >= 0.6 is 0 Å². The molecule has 1 aliphatic rings. The molecule has 1 fully saturated rings. The van der Waals surface area contributed by atoms with Crippen molar-refractivity contribution in [1.82, 2.24) is 0 Å². The Balaban J connectivity index is 4.05. The number of Topliss-reactive ketones (excluding diaryl/α,β-unsaturated/α-hetero) is 4. The normalized spacial score (nSPS) is 42.5. The number of ether oxygens (including phenoxy) is 1. The molecule has 1 unspecified atom stereocenters. The van der Waals surface area contributed by atoms with E-state index in [4.69, 9.17) is 0 Å². The summed E-state index contributed by atoms with van der Waals surface area (Å²) in [5.41, 5.74) is -10.9. The van der Waals surface area contributed by atoms with Gasteiger partial charge in [0.15, 0.2) is 28.7 Å². The van der Waals surface area contributed by atoms with Crippen LogP contribution in [0.5, 0.6) is 0 Å². The summed E-state index contributed by atoms with van der Waals surface area (Å²) in [5, 5.41) is 42.4. The molecule has 4 N–H and O–H groups in total. The molecule has 0 aromatic carbocycles. The quantitative estimate of drug-likeness (QED) is 0.424. The lowest BCUT2D eigenvalue weighted by atomic mass is 9.58. The lowest BCUT2D eigenvalue weighted by Gasteiger charge is -2.59. The minimum absolute atomic E-state index is 0.585. The molecule has 0 spiro atoms. The Morgan fingerprint density at radius 2 is 1.25 bits per heavy atom. The first-order valence-corrected chi connectivity index (χ1v) is 6.86. The van der Waals surface area contributed by atoms with Gasteiger partial charge >= 0.3 is 0 Å². The zero-order chi connectivity index (χ0) is 19.3. The Morgan fingerprint density at radius 1 is 0.833 bits per heavy atom. The largest absolute Gasteiger partial charge is 0.376 e. The number of halogens is 1. The predicted octanol–water partition coefficient (Wildman–Crippen LogP) is -2.41. The van der Waals surface area contributed by atoms with Crippen molar-refractivity contribution < 1.29 is 48.7 Å². The average Bonchev–Trinajstić information content (AvgIpc) is 2.47. The summed E-state index contributed by atoms with van der Waals surface area (Å²) in [7, 11) is 0. The zero-order valence-corrected chi connectivity index (χ0v) is 13.5. The smallest absolute Gasteiger partial charge is 0.267 e. The maximum atomic E-state index is 13.4. The van der Waals surface area contributed by atoms with Gasteiger partial charge in [-0.3, -0.25) is 19.2 Å². The predicted molar refractivity (Wildman–Crippen MR) is 73.4 cm³/mol. The molecule has 0 aliphatic carbocycles. The van der Waals surface area contributed by atoms with Crippen LogP contribution < -0.4 is 0 Å². The summed E-state index contributed by atoms with van der Waals surface area (Å²) in [6.07, 6.45) is -2.41. The number of aliphatic hydroxyl groups is 4. The Labute approximate surface area is 136 Å². The highest BCUT2D eigenvalue weighted by Crippen LogP contribution is 2.50. The van der Waals surface area contributed by atoms with E-state index in [0.29, 0.717) is 27.7 Å². The topological polar surface area (TPSA) is 158 Å². The van der Waals surface area contributed by atoms with E-state index in [-0.39, 0.29) is 0 Å². The molecule has 5 atom stereocenters. The summed E-state index contributed by atoms with van der Waals surface area (Å²) in [4.78, 5) is 47.8. The molecule has 9 nitrogen and oxygen atoms in total. The van der Waals surface area contributed by atoms with Crippen molar-refractivity contribution in [2.75, 3.05) is 6.67 Å². The third-order valence-corrected chi connectivity index (χ3v) is 4.52. The van der Waals surface area contributed by atoms with Gasteiger partial charge in [-0.05, 0) is 20.8 Å². The van der Waals surface area contributed by atoms with E-state index in [0.717, 1.165) is 0 Å². The number of hydrogen-bond acceptors (Lipinski definition) is 9. The van der Waals surface area contributed by atoms with Crippen LogP contribution in [0.1, 0.15) is 27.7 Å². The van der Waals surface area contributed by atoms with Gasteiger partial charge in [0.25, 0.3) is 5.79 Å². The second-order valence-corrected chi connectivity index (χ2v) is 5.82. The van der Waals surface area contributed by atoms with Crippen molar-refractivity contribution in [3.05, 3.63) is 0 Å². The Kier molecular flexibility index (Phi) is 4.89. The molecule has 0 aromatic rings. The first kappa shape index (κ1) is 20.5. The Bertz CT molecular complexity index is 619. The van der Waals surface area contributed by atoms with E-state index >= 15 is 0 Å². The summed E-state index contributed by atoms with van der Waals surface area (Å²) in [6, 6.07) is 0. The van der Waals surface area contributed by atoms with Crippen molar-refractivity contribution in [3.63, 3.8) is 0 Å². The number of alkyl halides is 1. The maximum Gasteiger partial charge on any atom is 0.267 e. The van der Waals surface area contributed by atoms with Gasteiger partial charge in [0.2, 0.25) is 11.2 Å². The van der Waals surface area contributed by atoms with E-state index in [1.54, 1.807) is 0 Å². The zero-order valence-electron chi connectivity index (χ0n) is 13.5. The molecule has 0 radical (unpaired) electrons. The van der Waals surface area contributed by atoms with Crippen LogP contribution in [0.3, 0.4) is 0 Å². The van der Waals surface area contributed by atoms with Crippen molar-refractivity contribution >= 4 is 23.1 Å². The van der Waals surface area contributed by atoms with Gasteiger partial charge in [0.1, 0.15) is 12.8 Å². The molecule has 0 saturated carbocycles. The number of carbonyl (C=O) groups is 4. The van der Waals surface area contributed by atoms with E-state index in [1.807, 2.05) is 0 Å². The lowest BCUT2D eigenvalue weighted by Crippen LogP contribution is -2.90. The average molecular weight is 350 g/mol. The van der Waals surface area contributed by atoms with Gasteiger partial charge in [-0.1, -0.05) is 0 Å². The fourth-order valence-electron chi connectivity index (χ4n) is 3.11. The minimum atomic E-state index is -3.76. The number of hydrogen-bond donors (Lipinski definition) is 4. The second kappa shape index (κ2) is 5.74. The fourth-order valence-corrected chi connectivity index (χ4v) is 3.11. The molecule has 1 heterocycles. The van der Waals surface area contributed by atoms with Gasteiger partial charge in [-0.25, -0.2) is 4.39 Å². The van der Waals surface area contributed by atoms with Crippen LogP contribution in [-0.2, 0) is 23.9 Å². The van der Waals surface area contributed by atoms with Gasteiger partial charge < -0.3 is 25.2 Å². The van der Waals surface area contributed by atoms with Gasteiger partial charge in [-0.2, -0.15) is 0 Å². The summed E-state index contributed by atoms with van der Waals surface area (Å²) in [6.45, 7) is 0.736. The monoisotopic (exact) mass is 350 g/mol. The lowest BCUT2D eigenvalue weighted by molar-refractivity contribution is -0.389. The van der Waals surface area contributed by atoms with Crippen LogP contribution in [0, 0.1) is 0 Å². The molecular formula is C14H19FO9. The van der Waals surface area contributed by atoms with E-state index in [2.05, 4.69) is 4.74 Å². The highest BCUT2D eigenvalue weighted by molar-refractivity contribution is 6.08. The second-order valence-electron chi connectivity index (χ2n) is 5.82. The number of ketones is 4.